The van der Waals surface area contributed by atoms with Crippen LogP contribution in [0, 0.1) is 5.92 Å². The van der Waals surface area contributed by atoms with Gasteiger partial charge in [-0.25, -0.2) is 0 Å². The van der Waals surface area contributed by atoms with Crippen LogP contribution in [0.5, 0.6) is 0 Å². The number of nitrogens with one attached hydrogen (secondary N) is 4. The number of benzene rings is 3. The summed E-state index contributed by atoms with van der Waals surface area (Å²) in [5, 5.41) is 12.9. The maximum atomic E-state index is 13.3. The molecule has 0 spiro atoms. The number of para-hydroxylation sites is 1. The Labute approximate surface area is 210 Å². The summed E-state index contributed by atoms with van der Waals surface area (Å²) < 4.78 is 0. The second-order valence-corrected chi connectivity index (χ2v) is 9.21. The van der Waals surface area contributed by atoms with E-state index >= 15 is 0 Å². The Balaban J connectivity index is 1.45. The summed E-state index contributed by atoms with van der Waals surface area (Å²) in [6.45, 7) is 4.02. The molecule has 0 saturated heterocycles. The lowest BCUT2D eigenvalue weighted by Crippen LogP contribution is -2.54. The predicted octanol–water partition coefficient (Wildman–Crippen LogP) is 4.95. The van der Waals surface area contributed by atoms with E-state index in [1.807, 2.05) is 86.8 Å². The van der Waals surface area contributed by atoms with E-state index in [1.54, 1.807) is 0 Å². The number of hydrogen-bond donors (Lipinski definition) is 4. The Morgan fingerprint density at radius 1 is 1.00 bits per heavy atom. The summed E-state index contributed by atoms with van der Waals surface area (Å²) >= 11 is 5.57. The molecule has 0 aliphatic rings. The van der Waals surface area contributed by atoms with E-state index in [0.29, 0.717) is 11.5 Å². The van der Waals surface area contributed by atoms with Gasteiger partial charge in [-0.3, -0.25) is 4.79 Å². The number of amides is 1. The fourth-order valence-corrected chi connectivity index (χ4v) is 4.52. The quantitative estimate of drug-likeness (QED) is 0.199. The maximum absolute atomic E-state index is 13.3. The maximum Gasteiger partial charge on any atom is 0.243 e. The molecule has 0 aliphatic carbocycles. The van der Waals surface area contributed by atoms with Gasteiger partial charge in [0.2, 0.25) is 5.91 Å². The van der Waals surface area contributed by atoms with Crippen LogP contribution in [-0.4, -0.2) is 34.4 Å². The summed E-state index contributed by atoms with van der Waals surface area (Å²) in [7, 11) is 0. The number of thiocarbonyl (C=S) groups is 1. The van der Waals surface area contributed by atoms with Crippen LogP contribution in [0.15, 0.2) is 72.9 Å². The van der Waals surface area contributed by atoms with Crippen LogP contribution in [0.1, 0.15) is 25.8 Å². The van der Waals surface area contributed by atoms with Gasteiger partial charge in [0.25, 0.3) is 0 Å². The third kappa shape index (κ3) is 5.69. The van der Waals surface area contributed by atoms with Crippen LogP contribution in [0.3, 0.4) is 0 Å². The summed E-state index contributed by atoms with van der Waals surface area (Å²) in [5.74, 6) is -0.249. The van der Waals surface area contributed by atoms with Gasteiger partial charge in [-0.1, -0.05) is 74.9 Å². The van der Waals surface area contributed by atoms with Crippen LogP contribution >= 0.6 is 12.2 Å². The van der Waals surface area contributed by atoms with Crippen molar-refractivity contribution in [2.24, 2.45) is 5.92 Å². The average molecular weight is 487 g/mol. The van der Waals surface area contributed by atoms with E-state index in [1.165, 1.54) is 0 Å². The standard InChI is InChI=1S/C28H30N4O2S/c1-3-18(2)26(32-28(35)31-25-14-8-10-19-9-4-5-11-22(19)25)27(34)30-21(17-33)15-20-16-29-24-13-7-6-12-23(20)24/h4-14,16-18,21,26,29H,3,15H2,1-2H3,(H,30,34)(H2,31,32,35)/t18-,21+,26+/m1/s1. The zero-order valence-electron chi connectivity index (χ0n) is 19.9. The molecule has 0 unspecified atom stereocenters. The van der Waals surface area contributed by atoms with Gasteiger partial charge in [0.1, 0.15) is 12.3 Å². The molecule has 3 atom stereocenters. The number of anilines is 1. The average Bonchev–Trinajstić information content (AvgIpc) is 3.29. The molecule has 4 rings (SSSR count). The summed E-state index contributed by atoms with van der Waals surface area (Å²) in [6.07, 6.45) is 3.86. The first-order valence-electron chi connectivity index (χ1n) is 11.9. The molecular weight excluding hydrogens is 456 g/mol. The second kappa shape index (κ2) is 11.1. The van der Waals surface area contributed by atoms with Gasteiger partial charge in [0, 0.05) is 34.6 Å². The summed E-state index contributed by atoms with van der Waals surface area (Å²) in [5.41, 5.74) is 2.86. The lowest BCUT2D eigenvalue weighted by Gasteiger charge is -2.26. The third-order valence-corrected chi connectivity index (χ3v) is 6.65. The highest BCUT2D eigenvalue weighted by atomic mass is 32.1. The number of rotatable bonds is 9. The minimum Gasteiger partial charge on any atom is -0.361 e. The van der Waals surface area contributed by atoms with E-state index in [4.69, 9.17) is 12.2 Å². The highest BCUT2D eigenvalue weighted by Gasteiger charge is 2.27. The Kier molecular flexibility index (Phi) is 7.77. The molecule has 4 N–H and O–H groups in total. The van der Waals surface area contributed by atoms with Crippen LogP contribution in [0.4, 0.5) is 5.69 Å². The van der Waals surface area contributed by atoms with Crippen molar-refractivity contribution in [1.82, 2.24) is 15.6 Å². The monoisotopic (exact) mass is 486 g/mol. The first kappa shape index (κ1) is 24.4. The Hall–Kier alpha value is -3.71. The molecule has 0 aliphatic heterocycles. The molecule has 0 saturated carbocycles. The van der Waals surface area contributed by atoms with Gasteiger partial charge < -0.3 is 25.7 Å². The van der Waals surface area contributed by atoms with Crippen molar-refractivity contribution >= 4 is 56.9 Å². The number of carbonyl (C=O) groups excluding carboxylic acids is 2. The topological polar surface area (TPSA) is 86.0 Å². The minimum absolute atomic E-state index is 0.00246. The molecule has 7 heteroatoms. The van der Waals surface area contributed by atoms with Crippen molar-refractivity contribution in [2.75, 3.05) is 5.32 Å². The number of carbonyl (C=O) groups is 2. The van der Waals surface area contributed by atoms with Gasteiger partial charge >= 0.3 is 0 Å². The highest BCUT2D eigenvalue weighted by molar-refractivity contribution is 7.80. The van der Waals surface area contributed by atoms with Crippen LogP contribution in [0.25, 0.3) is 21.7 Å². The summed E-state index contributed by atoms with van der Waals surface area (Å²) in [6, 6.07) is 20.7. The first-order valence-corrected chi connectivity index (χ1v) is 12.3. The zero-order valence-corrected chi connectivity index (χ0v) is 20.7. The number of H-pyrrole nitrogens is 1. The van der Waals surface area contributed by atoms with E-state index in [2.05, 4.69) is 20.9 Å². The number of aromatic amines is 1. The third-order valence-electron chi connectivity index (χ3n) is 6.43. The van der Waals surface area contributed by atoms with Gasteiger partial charge in [0.15, 0.2) is 5.11 Å². The summed E-state index contributed by atoms with van der Waals surface area (Å²) in [4.78, 5) is 28.4. The van der Waals surface area contributed by atoms with Crippen molar-refractivity contribution in [1.29, 1.82) is 0 Å². The van der Waals surface area contributed by atoms with Crippen molar-refractivity contribution in [3.8, 4) is 0 Å². The lowest BCUT2D eigenvalue weighted by atomic mass is 9.97. The molecule has 1 aromatic heterocycles. The van der Waals surface area contributed by atoms with Crippen molar-refractivity contribution < 1.29 is 9.59 Å². The lowest BCUT2D eigenvalue weighted by molar-refractivity contribution is -0.126. The molecule has 35 heavy (non-hydrogen) atoms. The fraction of sp³-hybridized carbons (Fsp3) is 0.250. The van der Waals surface area contributed by atoms with Gasteiger partial charge in [0.05, 0.1) is 6.04 Å². The molecule has 180 valence electrons. The molecule has 0 fully saturated rings. The molecule has 6 nitrogen and oxygen atoms in total. The SMILES string of the molecule is CC[C@@H](C)[C@H](NC(=S)Nc1cccc2ccccc12)C(=O)N[C@H](C=O)Cc1c[nH]c2ccccc12. The molecule has 0 bridgehead atoms. The molecule has 1 heterocycles. The van der Waals surface area contributed by atoms with Crippen molar-refractivity contribution in [2.45, 2.75) is 38.8 Å². The smallest absolute Gasteiger partial charge is 0.243 e. The van der Waals surface area contributed by atoms with E-state index in [-0.39, 0.29) is 11.8 Å². The van der Waals surface area contributed by atoms with Gasteiger partial charge in [-0.05, 0) is 41.2 Å². The number of fused-ring (bicyclic) bond motifs is 2. The van der Waals surface area contributed by atoms with Crippen LogP contribution in [0.2, 0.25) is 0 Å². The van der Waals surface area contributed by atoms with Crippen LogP contribution in [-0.2, 0) is 16.0 Å². The molecular formula is C28H30N4O2S. The zero-order chi connectivity index (χ0) is 24.8. The van der Waals surface area contributed by atoms with Crippen LogP contribution < -0.4 is 16.0 Å². The molecule has 1 amide bonds. The fourth-order valence-electron chi connectivity index (χ4n) is 4.28. The molecule has 0 radical (unpaired) electrons. The minimum atomic E-state index is -0.644. The Bertz CT molecular complexity index is 1340. The Morgan fingerprint density at radius 2 is 1.71 bits per heavy atom. The highest BCUT2D eigenvalue weighted by Crippen LogP contribution is 2.23. The van der Waals surface area contributed by atoms with Crippen molar-refractivity contribution in [3.05, 3.63) is 78.5 Å². The number of hydrogen-bond acceptors (Lipinski definition) is 3. The number of aldehydes is 1. The van der Waals surface area contributed by atoms with Gasteiger partial charge in [-0.15, -0.1) is 0 Å². The van der Waals surface area contributed by atoms with Gasteiger partial charge in [-0.2, -0.15) is 0 Å². The largest absolute Gasteiger partial charge is 0.361 e. The van der Waals surface area contributed by atoms with E-state index in [9.17, 15) is 9.59 Å². The van der Waals surface area contributed by atoms with E-state index in [0.717, 1.165) is 45.6 Å². The number of aromatic nitrogens is 1. The Morgan fingerprint density at radius 3 is 2.49 bits per heavy atom. The first-order chi connectivity index (χ1) is 17.0. The van der Waals surface area contributed by atoms with Crippen molar-refractivity contribution in [3.63, 3.8) is 0 Å². The second-order valence-electron chi connectivity index (χ2n) is 8.80. The predicted molar refractivity (Wildman–Crippen MR) is 147 cm³/mol. The molecule has 4 aromatic rings. The normalized spacial score (nSPS) is 13.7. The molecule has 3 aromatic carbocycles. The van der Waals surface area contributed by atoms with E-state index < -0.39 is 12.1 Å².